The highest BCUT2D eigenvalue weighted by atomic mass is 35.5. The number of carbonyl (C=O) groups excluding carboxylic acids is 1. The first kappa shape index (κ1) is 10.6. The molecule has 1 amide bonds. The molecule has 1 aromatic carbocycles. The van der Waals surface area contributed by atoms with Crippen molar-refractivity contribution in [1.29, 1.82) is 0 Å². The Morgan fingerprint density at radius 2 is 2.16 bits per heavy atom. The second kappa shape index (κ2) is 3.58. The molecular weight excluding hydrogens is 266 g/mol. The van der Waals surface area contributed by atoms with Gasteiger partial charge in [0.1, 0.15) is 13.0 Å². The largest absolute Gasteiger partial charge is 0.337 e. The van der Waals surface area contributed by atoms with Gasteiger partial charge < -0.3 is 0 Å². The number of fused-ring (bicyclic) bond motifs is 6. The Morgan fingerprint density at radius 1 is 1.32 bits per heavy atom. The second-order valence-corrected chi connectivity index (χ2v) is 4.55. The zero-order valence-corrected chi connectivity index (χ0v) is 10.4. The van der Waals surface area contributed by atoms with E-state index in [1.807, 2.05) is 28.8 Å². The van der Waals surface area contributed by atoms with Crippen LogP contribution in [0.25, 0.3) is 5.69 Å². The summed E-state index contributed by atoms with van der Waals surface area (Å²) in [5, 5.41) is 2.51. The summed E-state index contributed by atoms with van der Waals surface area (Å²) in [4.78, 5) is 20.0. The van der Waals surface area contributed by atoms with Gasteiger partial charge in [0.15, 0.2) is 11.7 Å². The normalized spacial score (nSPS) is 15.7. The summed E-state index contributed by atoms with van der Waals surface area (Å²) in [6.07, 6.45) is 3.39. The maximum absolute atomic E-state index is 11.5. The molecule has 94 valence electrons. The number of hydrazine groups is 1. The molecule has 2 aromatic rings. The highest BCUT2D eigenvalue weighted by Crippen LogP contribution is 2.34. The first-order chi connectivity index (χ1) is 9.27. The average molecular weight is 274 g/mol. The first-order valence-corrected chi connectivity index (χ1v) is 6.09. The molecule has 0 atom stereocenters. The van der Waals surface area contributed by atoms with Crippen LogP contribution in [0, 0.1) is 0 Å². The van der Waals surface area contributed by atoms with E-state index in [0.29, 0.717) is 0 Å². The molecule has 0 unspecified atom stereocenters. The molecule has 6 nitrogen and oxygen atoms in total. The van der Waals surface area contributed by atoms with E-state index >= 15 is 0 Å². The van der Waals surface area contributed by atoms with Gasteiger partial charge in [0, 0.05) is 5.56 Å². The van der Waals surface area contributed by atoms with Crippen molar-refractivity contribution in [2.24, 2.45) is 4.99 Å². The monoisotopic (exact) mass is 273 g/mol. The summed E-state index contributed by atoms with van der Waals surface area (Å²) in [5.74, 6) is 1.47. The summed E-state index contributed by atoms with van der Waals surface area (Å²) < 4.78 is 1.91. The van der Waals surface area contributed by atoms with Gasteiger partial charge in [-0.2, -0.15) is 0 Å². The van der Waals surface area contributed by atoms with Gasteiger partial charge in [-0.25, -0.2) is 20.0 Å². The molecule has 0 bridgehead atoms. The molecule has 1 aromatic heterocycles. The molecule has 0 saturated heterocycles. The molecule has 4 rings (SSSR count). The maximum atomic E-state index is 11.5. The van der Waals surface area contributed by atoms with Gasteiger partial charge >= 0.3 is 5.37 Å². The average Bonchev–Trinajstić information content (AvgIpc) is 3.05. The van der Waals surface area contributed by atoms with Crippen molar-refractivity contribution in [2.45, 2.75) is 0 Å². The van der Waals surface area contributed by atoms with Crippen LogP contribution >= 0.6 is 11.6 Å². The van der Waals surface area contributed by atoms with Gasteiger partial charge in [-0.05, 0) is 23.7 Å². The lowest BCUT2D eigenvalue weighted by Gasteiger charge is -2.32. The number of anilines is 1. The number of amides is 1. The summed E-state index contributed by atoms with van der Waals surface area (Å²) in [5.41, 5.74) is 1.95. The van der Waals surface area contributed by atoms with Gasteiger partial charge in [0.2, 0.25) is 0 Å². The van der Waals surface area contributed by atoms with Crippen LogP contribution in [0.15, 0.2) is 41.8 Å². The Hall–Kier alpha value is -2.34. The van der Waals surface area contributed by atoms with Crippen LogP contribution in [0.3, 0.4) is 0 Å². The Kier molecular flexibility index (Phi) is 1.99. The van der Waals surface area contributed by atoms with Crippen LogP contribution in [0.4, 0.5) is 10.6 Å². The third-order valence-corrected chi connectivity index (χ3v) is 3.43. The van der Waals surface area contributed by atoms with Crippen molar-refractivity contribution in [1.82, 2.24) is 14.6 Å². The van der Waals surface area contributed by atoms with E-state index in [9.17, 15) is 4.79 Å². The summed E-state index contributed by atoms with van der Waals surface area (Å²) in [6.45, 7) is 0.219. The molecular formula is C12H8ClN5O. The lowest BCUT2D eigenvalue weighted by Crippen LogP contribution is -2.46. The Balaban J connectivity index is 1.99. The van der Waals surface area contributed by atoms with Crippen LogP contribution in [0.2, 0.25) is 0 Å². The van der Waals surface area contributed by atoms with Gasteiger partial charge in [0.05, 0.1) is 11.9 Å². The van der Waals surface area contributed by atoms with E-state index in [-0.39, 0.29) is 6.67 Å². The Labute approximate surface area is 113 Å². The second-order valence-electron chi connectivity index (χ2n) is 4.23. The summed E-state index contributed by atoms with van der Waals surface area (Å²) in [7, 11) is 0. The molecule has 0 N–H and O–H groups in total. The third kappa shape index (κ3) is 1.29. The van der Waals surface area contributed by atoms with Crippen molar-refractivity contribution in [2.75, 3.05) is 11.7 Å². The zero-order chi connectivity index (χ0) is 13.0. The molecule has 0 saturated carbocycles. The minimum absolute atomic E-state index is 0.219. The third-order valence-electron chi connectivity index (χ3n) is 3.24. The van der Waals surface area contributed by atoms with E-state index in [2.05, 4.69) is 9.98 Å². The standard InChI is InChI=1S/C12H8ClN5O/c13-12(19)17-7-15-11-8-3-1-2-4-9(8)16-6-14-5-10(16)18(11)17/h1-6H,7H2. The number of carbonyl (C=O) groups is 1. The van der Waals surface area contributed by atoms with Crippen LogP contribution < -0.4 is 5.01 Å². The van der Waals surface area contributed by atoms with E-state index < -0.39 is 5.37 Å². The number of hydrogen-bond acceptors (Lipinski definition) is 4. The SMILES string of the molecule is O=C(Cl)N1CN=C2c3ccccc3-n3cncc3N21. The van der Waals surface area contributed by atoms with Crippen molar-refractivity contribution in [3.63, 3.8) is 0 Å². The minimum Gasteiger partial charge on any atom is -0.283 e. The van der Waals surface area contributed by atoms with Crippen molar-refractivity contribution in [3.8, 4) is 5.69 Å². The van der Waals surface area contributed by atoms with Crippen LogP contribution in [0.5, 0.6) is 0 Å². The van der Waals surface area contributed by atoms with Gasteiger partial charge in [-0.1, -0.05) is 12.1 Å². The van der Waals surface area contributed by atoms with Gasteiger partial charge in [-0.15, -0.1) is 0 Å². The Morgan fingerprint density at radius 3 is 3.00 bits per heavy atom. The van der Waals surface area contributed by atoms with Crippen molar-refractivity contribution < 1.29 is 4.79 Å². The van der Waals surface area contributed by atoms with E-state index in [4.69, 9.17) is 11.6 Å². The van der Waals surface area contributed by atoms with E-state index in [1.165, 1.54) is 5.01 Å². The number of amidine groups is 1. The fourth-order valence-electron chi connectivity index (χ4n) is 2.45. The molecule has 2 aliphatic rings. The van der Waals surface area contributed by atoms with Gasteiger partial charge in [-0.3, -0.25) is 9.36 Å². The molecule has 2 aliphatic heterocycles. The fraction of sp³-hybridized carbons (Fsp3) is 0.0833. The van der Waals surface area contributed by atoms with E-state index in [0.717, 1.165) is 22.9 Å². The minimum atomic E-state index is -0.564. The predicted molar refractivity (Wildman–Crippen MR) is 70.5 cm³/mol. The molecule has 0 fully saturated rings. The number of hydrogen-bond donors (Lipinski definition) is 0. The molecule has 0 spiro atoms. The van der Waals surface area contributed by atoms with Crippen LogP contribution in [-0.4, -0.2) is 32.4 Å². The van der Waals surface area contributed by atoms with E-state index in [1.54, 1.807) is 17.5 Å². The molecule has 0 radical (unpaired) electrons. The van der Waals surface area contributed by atoms with Crippen molar-refractivity contribution >= 4 is 28.6 Å². The molecule has 0 aliphatic carbocycles. The molecule has 3 heterocycles. The number of para-hydroxylation sites is 1. The number of aliphatic imine (C=N–C) groups is 1. The van der Waals surface area contributed by atoms with Gasteiger partial charge in [0.25, 0.3) is 0 Å². The Bertz CT molecular complexity index is 722. The number of halogens is 1. The number of rotatable bonds is 0. The smallest absolute Gasteiger partial charge is 0.283 e. The summed E-state index contributed by atoms with van der Waals surface area (Å²) >= 11 is 5.61. The number of nitrogens with zero attached hydrogens (tertiary/aromatic N) is 5. The van der Waals surface area contributed by atoms with Crippen molar-refractivity contribution in [3.05, 3.63) is 42.4 Å². The highest BCUT2D eigenvalue weighted by molar-refractivity contribution is 6.63. The topological polar surface area (TPSA) is 53.7 Å². The molecule has 19 heavy (non-hydrogen) atoms. The maximum Gasteiger partial charge on any atom is 0.337 e. The van der Waals surface area contributed by atoms with Crippen LogP contribution in [-0.2, 0) is 0 Å². The number of imidazole rings is 1. The summed E-state index contributed by atoms with van der Waals surface area (Å²) in [6, 6.07) is 7.85. The number of aromatic nitrogens is 2. The highest BCUT2D eigenvalue weighted by Gasteiger charge is 2.37. The predicted octanol–water partition coefficient (Wildman–Crippen LogP) is 1.99. The van der Waals surface area contributed by atoms with Crippen LogP contribution in [0.1, 0.15) is 5.56 Å². The molecule has 7 heteroatoms. The lowest BCUT2D eigenvalue weighted by molar-refractivity contribution is 0.228. The lowest BCUT2D eigenvalue weighted by atomic mass is 10.1. The zero-order valence-electron chi connectivity index (χ0n) is 9.69. The first-order valence-electron chi connectivity index (χ1n) is 5.71. The number of benzene rings is 1. The fourth-order valence-corrected chi connectivity index (χ4v) is 2.58. The quantitative estimate of drug-likeness (QED) is 0.545.